The van der Waals surface area contributed by atoms with Crippen molar-refractivity contribution >= 4 is 132 Å². The number of rotatable bonds is 1. The van der Waals surface area contributed by atoms with Gasteiger partial charge in [0.25, 0.3) is 0 Å². The summed E-state index contributed by atoms with van der Waals surface area (Å²) in [5, 5.41) is 7.31. The highest BCUT2D eigenvalue weighted by Gasteiger charge is 2.20. The number of para-hydroxylation sites is 2. The molecule has 8 heteroatoms. The zero-order valence-corrected chi connectivity index (χ0v) is 22.3. The Labute approximate surface area is 224 Å². The van der Waals surface area contributed by atoms with Crippen LogP contribution in [-0.4, -0.2) is 48.8 Å². The maximum atomic E-state index is 6.55. The first kappa shape index (κ1) is 21.9. The van der Waals surface area contributed by atoms with Crippen LogP contribution in [0.2, 0.25) is 0 Å². The zero-order chi connectivity index (χ0) is 25.9. The normalized spacial score (nSPS) is 12.2. The van der Waals surface area contributed by atoms with Gasteiger partial charge in [0.1, 0.15) is 50.4 Å². The summed E-state index contributed by atoms with van der Waals surface area (Å²) in [5.41, 5.74) is 14.6. The van der Waals surface area contributed by atoms with Crippen molar-refractivity contribution in [2.24, 2.45) is 0 Å². The van der Waals surface area contributed by atoms with E-state index < -0.39 is 0 Å². The van der Waals surface area contributed by atoms with Crippen LogP contribution in [0.4, 0.5) is 0 Å². The molecule has 38 heavy (non-hydrogen) atoms. The third-order valence-corrected chi connectivity index (χ3v) is 9.07. The number of H-pyrrole nitrogens is 1. The molecule has 1 N–H and O–H groups in total. The van der Waals surface area contributed by atoms with Crippen LogP contribution in [0.15, 0.2) is 77.2 Å². The average Bonchev–Trinajstić information content (AvgIpc) is 3.57. The van der Waals surface area contributed by atoms with Crippen molar-refractivity contribution in [3.63, 3.8) is 0 Å². The lowest BCUT2D eigenvalue weighted by atomic mass is 9.61. The molecule has 0 amide bonds. The van der Waals surface area contributed by atoms with Gasteiger partial charge in [-0.25, -0.2) is 0 Å². The Bertz CT molecular complexity index is 2280. The Morgan fingerprint density at radius 1 is 0.500 bits per heavy atom. The molecule has 174 valence electrons. The van der Waals surface area contributed by atoms with Crippen molar-refractivity contribution in [2.45, 2.75) is 0 Å². The van der Waals surface area contributed by atoms with E-state index in [0.29, 0.717) is 0 Å². The van der Waals surface area contributed by atoms with Crippen molar-refractivity contribution in [3.05, 3.63) is 72.8 Å². The fourth-order valence-electron chi connectivity index (χ4n) is 6.64. The number of hydrogen-bond acceptors (Lipinski definition) is 1. The number of nitrogens with one attached hydrogen (secondary N) is 1. The molecule has 8 rings (SSSR count). The molecule has 0 aliphatic rings. The molecular formula is C30H23B5N2O. The molecule has 0 bridgehead atoms. The Kier molecular flexibility index (Phi) is 4.28. The Balaban J connectivity index is 1.52. The quantitative estimate of drug-likeness (QED) is 0.319. The summed E-state index contributed by atoms with van der Waals surface area (Å²) in [6, 6.07) is 26.3. The van der Waals surface area contributed by atoms with E-state index in [-0.39, 0.29) is 0 Å². The second-order valence-electron chi connectivity index (χ2n) is 10.9. The maximum absolute atomic E-state index is 6.55. The van der Waals surface area contributed by atoms with Crippen molar-refractivity contribution < 1.29 is 4.42 Å². The molecule has 5 aromatic carbocycles. The summed E-state index contributed by atoms with van der Waals surface area (Å²) in [6.45, 7) is 0. The summed E-state index contributed by atoms with van der Waals surface area (Å²) in [7, 11) is 11.3. The van der Waals surface area contributed by atoms with E-state index >= 15 is 0 Å². The van der Waals surface area contributed by atoms with Crippen LogP contribution < -0.4 is 27.3 Å². The second-order valence-corrected chi connectivity index (χ2v) is 10.9. The second kappa shape index (κ2) is 7.44. The van der Waals surface area contributed by atoms with E-state index in [9.17, 15) is 0 Å². The number of hydrogen-bond donors (Lipinski definition) is 1. The fraction of sp³-hybridized carbons (Fsp3) is 0. The first-order valence-electron chi connectivity index (χ1n) is 13.3. The smallest absolute Gasteiger partial charge is 0.141 e. The van der Waals surface area contributed by atoms with Gasteiger partial charge in [-0.05, 0) is 24.3 Å². The summed E-state index contributed by atoms with van der Waals surface area (Å²) >= 11 is 0. The number of benzene rings is 5. The van der Waals surface area contributed by atoms with Gasteiger partial charge in [0.05, 0.1) is 16.6 Å². The highest BCUT2D eigenvalue weighted by atomic mass is 16.3. The van der Waals surface area contributed by atoms with Gasteiger partial charge in [0.2, 0.25) is 0 Å². The first-order chi connectivity index (χ1) is 18.4. The largest absolute Gasteiger partial charge is 0.456 e. The molecule has 3 aromatic heterocycles. The van der Waals surface area contributed by atoms with E-state index in [2.05, 4.69) is 122 Å². The van der Waals surface area contributed by atoms with Crippen LogP contribution in [-0.2, 0) is 0 Å². The summed E-state index contributed by atoms with van der Waals surface area (Å²) in [6.07, 6.45) is 0. The molecule has 0 saturated heterocycles. The predicted molar refractivity (Wildman–Crippen MR) is 178 cm³/mol. The molecule has 0 radical (unpaired) electrons. The SMILES string of the molecule is Bc1c(B)c(B)c(-n2c3ccccc3c3cc4c(cc32)oc2cc3[nH]c5ccccc5c3cc24)c(B)c1B. The molecule has 0 saturated carbocycles. The van der Waals surface area contributed by atoms with Crippen LogP contribution >= 0.6 is 0 Å². The summed E-state index contributed by atoms with van der Waals surface area (Å²) in [5.74, 6) is 0. The van der Waals surface area contributed by atoms with Gasteiger partial charge >= 0.3 is 0 Å². The van der Waals surface area contributed by atoms with Crippen LogP contribution in [0.25, 0.3) is 71.2 Å². The minimum absolute atomic E-state index is 0.914. The Hall–Kier alpha value is -4.18. The van der Waals surface area contributed by atoms with Gasteiger partial charge in [-0.1, -0.05) is 58.2 Å². The molecular weight excluding hydrogens is 458 g/mol. The molecule has 0 unspecified atom stereocenters. The number of aromatic amines is 1. The third kappa shape index (κ3) is 2.70. The minimum Gasteiger partial charge on any atom is -0.456 e. The van der Waals surface area contributed by atoms with Gasteiger partial charge in [-0.2, -0.15) is 0 Å². The minimum atomic E-state index is 0.914. The highest BCUT2D eigenvalue weighted by molar-refractivity contribution is 6.68. The topological polar surface area (TPSA) is 33.9 Å². The van der Waals surface area contributed by atoms with Crippen molar-refractivity contribution in [1.82, 2.24) is 9.55 Å². The van der Waals surface area contributed by atoms with Crippen LogP contribution in [0, 0.1) is 0 Å². The van der Waals surface area contributed by atoms with Crippen LogP contribution in [0.1, 0.15) is 0 Å². The average molecular weight is 482 g/mol. The van der Waals surface area contributed by atoms with Gasteiger partial charge in [0, 0.05) is 55.7 Å². The van der Waals surface area contributed by atoms with E-state index in [0.717, 1.165) is 33.0 Å². The van der Waals surface area contributed by atoms with E-state index in [1.807, 2.05) is 0 Å². The monoisotopic (exact) mass is 482 g/mol. The van der Waals surface area contributed by atoms with Gasteiger partial charge in [-0.3, -0.25) is 0 Å². The lowest BCUT2D eigenvalue weighted by Gasteiger charge is -2.22. The summed E-state index contributed by atoms with van der Waals surface area (Å²) in [4.78, 5) is 3.56. The van der Waals surface area contributed by atoms with Gasteiger partial charge in [0.15, 0.2) is 0 Å². The summed E-state index contributed by atoms with van der Waals surface area (Å²) < 4.78 is 9.00. The van der Waals surface area contributed by atoms with Crippen molar-refractivity contribution in [3.8, 4) is 5.69 Å². The van der Waals surface area contributed by atoms with Crippen LogP contribution in [0.5, 0.6) is 0 Å². The number of nitrogens with zero attached hydrogens (tertiary/aromatic N) is 1. The third-order valence-electron chi connectivity index (χ3n) is 9.07. The maximum Gasteiger partial charge on any atom is 0.141 e. The predicted octanol–water partition coefficient (Wildman–Crippen LogP) is -0.390. The standard InChI is InChI=1S/C30H23B5N2O/c31-25-26(32)28(34)30(29(35)27(25)33)37-21-8-4-2-6-14(21)16-10-18-17-9-15-13-5-1-3-7-19(13)36-20(15)11-23(17)38-24(18)12-22(16)37/h1-12,36H,31-35H2. The Morgan fingerprint density at radius 2 is 1.11 bits per heavy atom. The fourth-order valence-corrected chi connectivity index (χ4v) is 6.64. The highest BCUT2D eigenvalue weighted by Crippen LogP contribution is 2.39. The molecule has 3 heterocycles. The van der Waals surface area contributed by atoms with Crippen LogP contribution in [0.3, 0.4) is 0 Å². The molecule has 0 aliphatic heterocycles. The van der Waals surface area contributed by atoms with E-state index in [1.165, 1.54) is 65.6 Å². The first-order valence-corrected chi connectivity index (χ1v) is 13.3. The molecule has 0 aliphatic carbocycles. The zero-order valence-electron chi connectivity index (χ0n) is 22.3. The molecule has 0 atom stereocenters. The van der Waals surface area contributed by atoms with Gasteiger partial charge in [-0.15, -0.1) is 5.46 Å². The van der Waals surface area contributed by atoms with Crippen molar-refractivity contribution in [1.29, 1.82) is 0 Å². The lowest BCUT2D eigenvalue weighted by Crippen LogP contribution is -2.56. The Morgan fingerprint density at radius 3 is 1.87 bits per heavy atom. The lowest BCUT2D eigenvalue weighted by molar-refractivity contribution is 0.670. The number of fused-ring (bicyclic) bond motifs is 9. The molecule has 8 aromatic rings. The van der Waals surface area contributed by atoms with Gasteiger partial charge < -0.3 is 14.0 Å². The van der Waals surface area contributed by atoms with E-state index in [1.54, 1.807) is 0 Å². The number of aromatic nitrogens is 2. The number of furan rings is 1. The molecule has 0 spiro atoms. The van der Waals surface area contributed by atoms with E-state index in [4.69, 9.17) is 4.42 Å². The van der Waals surface area contributed by atoms with Crippen molar-refractivity contribution in [2.75, 3.05) is 0 Å². The molecule has 0 fully saturated rings. The molecule has 3 nitrogen and oxygen atoms in total.